The van der Waals surface area contributed by atoms with Crippen LogP contribution in [-0.2, 0) is 22.6 Å². The van der Waals surface area contributed by atoms with E-state index < -0.39 is 15.1 Å². The fourth-order valence-corrected chi connectivity index (χ4v) is 2.98. The Bertz CT molecular complexity index is 684. The van der Waals surface area contributed by atoms with Gasteiger partial charge in [0.1, 0.15) is 5.75 Å². The smallest absolute Gasteiger partial charge is 0.158 e. The van der Waals surface area contributed by atoms with Crippen molar-refractivity contribution in [3.05, 3.63) is 30.0 Å². The highest BCUT2D eigenvalue weighted by atomic mass is 32.2. The van der Waals surface area contributed by atoms with Crippen LogP contribution in [0.4, 0.5) is 0 Å². The van der Waals surface area contributed by atoms with Gasteiger partial charge in [0.15, 0.2) is 9.84 Å². The Labute approximate surface area is 107 Å². The second kappa shape index (κ2) is 4.31. The van der Waals surface area contributed by atoms with Crippen molar-refractivity contribution in [3.63, 3.8) is 0 Å². The molecular weight excluding hydrogens is 250 g/mol. The van der Waals surface area contributed by atoms with Crippen LogP contribution in [0.15, 0.2) is 24.3 Å². The summed E-state index contributed by atoms with van der Waals surface area (Å²) in [6, 6.07) is 7.02. The molecule has 98 valence electrons. The number of hydrogen-bond acceptors (Lipinski definition) is 3. The Hall–Kier alpha value is -1.49. The van der Waals surface area contributed by atoms with Crippen molar-refractivity contribution in [1.29, 1.82) is 0 Å². The van der Waals surface area contributed by atoms with Gasteiger partial charge in [-0.05, 0) is 26.0 Å². The SMILES string of the molecule is CC(C)S(=O)(=O)Cc1cc2cccc(O)c2n1C. The second-order valence-corrected chi connectivity index (χ2v) is 7.32. The Morgan fingerprint density at radius 1 is 1.33 bits per heavy atom. The molecule has 2 rings (SSSR count). The Balaban J connectivity index is 2.54. The minimum absolute atomic E-state index is 0.00468. The molecule has 0 aliphatic heterocycles. The Morgan fingerprint density at radius 2 is 2.00 bits per heavy atom. The molecule has 1 aromatic heterocycles. The van der Waals surface area contributed by atoms with Gasteiger partial charge in [-0.3, -0.25) is 0 Å². The third kappa shape index (κ3) is 2.10. The molecule has 4 nitrogen and oxygen atoms in total. The summed E-state index contributed by atoms with van der Waals surface area (Å²) in [5.41, 5.74) is 1.37. The molecule has 5 heteroatoms. The van der Waals surface area contributed by atoms with Gasteiger partial charge in [0.05, 0.1) is 16.5 Å². The van der Waals surface area contributed by atoms with E-state index in [4.69, 9.17) is 0 Å². The van der Waals surface area contributed by atoms with Crippen LogP contribution in [0.3, 0.4) is 0 Å². The molecule has 0 aliphatic rings. The number of aromatic nitrogens is 1. The number of benzene rings is 1. The van der Waals surface area contributed by atoms with Crippen LogP contribution in [0.25, 0.3) is 10.9 Å². The van der Waals surface area contributed by atoms with Crippen LogP contribution in [0, 0.1) is 0 Å². The van der Waals surface area contributed by atoms with Gasteiger partial charge in [0.25, 0.3) is 0 Å². The number of para-hydroxylation sites is 1. The lowest BCUT2D eigenvalue weighted by Gasteiger charge is -2.09. The van der Waals surface area contributed by atoms with Gasteiger partial charge in [-0.25, -0.2) is 8.42 Å². The van der Waals surface area contributed by atoms with E-state index >= 15 is 0 Å². The zero-order valence-electron chi connectivity index (χ0n) is 10.7. The summed E-state index contributed by atoms with van der Waals surface area (Å²) in [4.78, 5) is 0. The largest absolute Gasteiger partial charge is 0.506 e. The number of aromatic hydroxyl groups is 1. The molecule has 0 saturated carbocycles. The van der Waals surface area contributed by atoms with Crippen LogP contribution in [0.2, 0.25) is 0 Å². The average Bonchev–Trinajstić information content (AvgIpc) is 2.56. The van der Waals surface area contributed by atoms with Crippen molar-refractivity contribution in [2.45, 2.75) is 24.9 Å². The second-order valence-electron chi connectivity index (χ2n) is 4.77. The molecule has 0 bridgehead atoms. The molecule has 0 radical (unpaired) electrons. The first kappa shape index (κ1) is 13.0. The maximum absolute atomic E-state index is 11.9. The molecule has 0 unspecified atom stereocenters. The van der Waals surface area contributed by atoms with Gasteiger partial charge in [-0.1, -0.05) is 12.1 Å². The molecule has 0 aliphatic carbocycles. The molecule has 1 heterocycles. The van der Waals surface area contributed by atoms with E-state index in [0.29, 0.717) is 11.2 Å². The first-order valence-electron chi connectivity index (χ1n) is 5.81. The van der Waals surface area contributed by atoms with Crippen molar-refractivity contribution in [3.8, 4) is 5.75 Å². The monoisotopic (exact) mass is 267 g/mol. The first-order valence-corrected chi connectivity index (χ1v) is 7.52. The predicted octanol–water partition coefficient (Wildman–Crippen LogP) is 2.21. The zero-order chi connectivity index (χ0) is 13.5. The molecule has 18 heavy (non-hydrogen) atoms. The maximum atomic E-state index is 11.9. The van der Waals surface area contributed by atoms with Crippen molar-refractivity contribution < 1.29 is 13.5 Å². The Morgan fingerprint density at radius 3 is 2.56 bits per heavy atom. The standard InChI is InChI=1S/C13H17NO3S/c1-9(2)18(16,17)8-11-7-10-5-4-6-12(15)13(10)14(11)3/h4-7,9,15H,8H2,1-3H3. The number of phenolic OH excluding ortho intramolecular Hbond substituents is 1. The quantitative estimate of drug-likeness (QED) is 0.927. The van der Waals surface area contributed by atoms with Crippen LogP contribution in [0.5, 0.6) is 5.75 Å². The Kier molecular flexibility index (Phi) is 3.11. The summed E-state index contributed by atoms with van der Waals surface area (Å²) in [6.45, 7) is 3.35. The fraction of sp³-hybridized carbons (Fsp3) is 0.385. The highest BCUT2D eigenvalue weighted by molar-refractivity contribution is 7.91. The zero-order valence-corrected chi connectivity index (χ0v) is 11.5. The van der Waals surface area contributed by atoms with E-state index in [-0.39, 0.29) is 11.5 Å². The number of hydrogen-bond donors (Lipinski definition) is 1. The molecule has 1 N–H and O–H groups in total. The molecule has 0 atom stereocenters. The van der Waals surface area contributed by atoms with Gasteiger partial charge in [0.2, 0.25) is 0 Å². The molecule has 0 spiro atoms. The summed E-state index contributed by atoms with van der Waals surface area (Å²) in [6.07, 6.45) is 0. The summed E-state index contributed by atoms with van der Waals surface area (Å²) >= 11 is 0. The number of phenols is 1. The van der Waals surface area contributed by atoms with E-state index in [1.165, 1.54) is 0 Å². The highest BCUT2D eigenvalue weighted by Gasteiger charge is 2.20. The minimum atomic E-state index is -3.14. The van der Waals surface area contributed by atoms with Crippen molar-refractivity contribution in [1.82, 2.24) is 4.57 Å². The third-order valence-electron chi connectivity index (χ3n) is 3.20. The lowest BCUT2D eigenvalue weighted by atomic mass is 10.2. The van der Waals surface area contributed by atoms with Gasteiger partial charge in [0, 0.05) is 18.1 Å². The number of rotatable bonds is 3. The molecule has 0 fully saturated rings. The first-order chi connectivity index (χ1) is 8.33. The molecule has 1 aromatic carbocycles. The fourth-order valence-electron chi connectivity index (χ4n) is 1.96. The summed E-state index contributed by atoms with van der Waals surface area (Å²) < 4.78 is 25.6. The van der Waals surface area contributed by atoms with E-state index in [2.05, 4.69) is 0 Å². The number of sulfone groups is 1. The van der Waals surface area contributed by atoms with Crippen molar-refractivity contribution in [2.24, 2.45) is 7.05 Å². The van der Waals surface area contributed by atoms with E-state index in [0.717, 1.165) is 5.39 Å². The highest BCUT2D eigenvalue weighted by Crippen LogP contribution is 2.28. The van der Waals surface area contributed by atoms with Crippen LogP contribution in [-0.4, -0.2) is 23.3 Å². The predicted molar refractivity (Wildman–Crippen MR) is 72.3 cm³/mol. The number of nitrogens with zero attached hydrogens (tertiary/aromatic N) is 1. The van der Waals surface area contributed by atoms with Crippen LogP contribution < -0.4 is 0 Å². The average molecular weight is 267 g/mol. The van der Waals surface area contributed by atoms with Gasteiger partial charge >= 0.3 is 0 Å². The summed E-state index contributed by atoms with van der Waals surface area (Å²) in [5.74, 6) is 0.165. The third-order valence-corrected chi connectivity index (χ3v) is 5.34. The topological polar surface area (TPSA) is 59.3 Å². The van der Waals surface area contributed by atoms with Gasteiger partial charge < -0.3 is 9.67 Å². The van der Waals surface area contributed by atoms with Crippen LogP contribution in [0.1, 0.15) is 19.5 Å². The van der Waals surface area contributed by atoms with Crippen molar-refractivity contribution in [2.75, 3.05) is 0 Å². The molecule has 0 amide bonds. The number of fused-ring (bicyclic) bond motifs is 1. The van der Waals surface area contributed by atoms with E-state index in [1.54, 1.807) is 37.6 Å². The van der Waals surface area contributed by atoms with E-state index in [1.807, 2.05) is 12.1 Å². The minimum Gasteiger partial charge on any atom is -0.506 e. The lowest BCUT2D eigenvalue weighted by Crippen LogP contribution is -2.17. The molecule has 2 aromatic rings. The summed E-state index contributed by atoms with van der Waals surface area (Å²) in [5, 5.41) is 10.3. The van der Waals surface area contributed by atoms with Crippen molar-refractivity contribution >= 4 is 20.7 Å². The lowest BCUT2D eigenvalue weighted by molar-refractivity contribution is 0.478. The van der Waals surface area contributed by atoms with Gasteiger partial charge in [-0.15, -0.1) is 0 Å². The molecular formula is C13H17NO3S. The van der Waals surface area contributed by atoms with E-state index in [9.17, 15) is 13.5 Å². The molecule has 0 saturated heterocycles. The van der Waals surface area contributed by atoms with Gasteiger partial charge in [-0.2, -0.15) is 0 Å². The number of aryl methyl sites for hydroxylation is 1. The maximum Gasteiger partial charge on any atom is 0.158 e. The summed E-state index contributed by atoms with van der Waals surface area (Å²) in [7, 11) is -1.37. The normalized spacial score (nSPS) is 12.4. The van der Waals surface area contributed by atoms with Crippen LogP contribution >= 0.6 is 0 Å².